The maximum absolute atomic E-state index is 8.80. The molecule has 0 aliphatic heterocycles. The summed E-state index contributed by atoms with van der Waals surface area (Å²) in [6.07, 6.45) is 14.4. The molecule has 1 heteroatoms. The molecule has 108 valence electrons. The van der Waals surface area contributed by atoms with Gasteiger partial charge in [-0.05, 0) is 67.1 Å². The highest BCUT2D eigenvalue weighted by Gasteiger charge is 2.70. The first-order chi connectivity index (χ1) is 9.42. The Morgan fingerprint density at radius 2 is 1.47 bits per heavy atom. The van der Waals surface area contributed by atoms with E-state index in [1.165, 1.54) is 74.0 Å². The topological polar surface area (TPSA) is 20.2 Å². The van der Waals surface area contributed by atoms with E-state index in [0.29, 0.717) is 6.61 Å². The van der Waals surface area contributed by atoms with Crippen LogP contribution in [0.3, 0.4) is 0 Å². The zero-order chi connectivity index (χ0) is 12.8. The van der Waals surface area contributed by atoms with Gasteiger partial charge >= 0.3 is 0 Å². The fraction of sp³-hybridized carbons (Fsp3) is 1.00. The quantitative estimate of drug-likeness (QED) is 0.710. The van der Waals surface area contributed by atoms with Crippen LogP contribution in [0.4, 0.5) is 0 Å². The summed E-state index contributed by atoms with van der Waals surface area (Å²) >= 11 is 0. The van der Waals surface area contributed by atoms with Gasteiger partial charge in [-0.15, -0.1) is 0 Å². The van der Waals surface area contributed by atoms with Crippen molar-refractivity contribution in [2.75, 3.05) is 6.61 Å². The van der Waals surface area contributed by atoms with Gasteiger partial charge in [0.05, 0.1) is 0 Å². The van der Waals surface area contributed by atoms with Crippen molar-refractivity contribution in [3.8, 4) is 0 Å². The molecule has 0 aromatic heterocycles. The lowest BCUT2D eigenvalue weighted by Crippen LogP contribution is -2.71. The van der Waals surface area contributed by atoms with Gasteiger partial charge in [0, 0.05) is 6.61 Å². The molecule has 0 aromatic carbocycles. The lowest BCUT2D eigenvalue weighted by atomic mass is 9.28. The fourth-order valence-corrected chi connectivity index (χ4v) is 6.58. The minimum absolute atomic E-state index is 0.390. The highest BCUT2D eigenvalue weighted by Crippen LogP contribution is 2.76. The predicted molar refractivity (Wildman–Crippen MR) is 77.7 cm³/mol. The van der Waals surface area contributed by atoms with E-state index in [2.05, 4.69) is 0 Å². The molecule has 0 bridgehead atoms. The van der Waals surface area contributed by atoms with Crippen LogP contribution in [0.2, 0.25) is 0 Å². The second-order valence-electron chi connectivity index (χ2n) is 7.93. The second-order valence-corrected chi connectivity index (χ2v) is 7.93. The first kappa shape index (κ1) is 12.7. The monoisotopic (exact) mass is 262 g/mol. The molecule has 7 unspecified atom stereocenters. The number of aliphatic hydroxyl groups is 1. The van der Waals surface area contributed by atoms with E-state index in [1.807, 2.05) is 0 Å². The van der Waals surface area contributed by atoms with Crippen molar-refractivity contribution in [1.82, 2.24) is 0 Å². The summed E-state index contributed by atoms with van der Waals surface area (Å²) in [5, 5.41) is 8.80. The molecule has 4 fully saturated rings. The Bertz CT molecular complexity index is 320. The van der Waals surface area contributed by atoms with Gasteiger partial charge in [-0.3, -0.25) is 0 Å². The Morgan fingerprint density at radius 3 is 2.26 bits per heavy atom. The number of unbranched alkanes of at least 4 members (excludes halogenated alkanes) is 3. The number of aliphatic hydroxyl groups excluding tert-OH is 1. The minimum Gasteiger partial charge on any atom is -0.396 e. The highest BCUT2D eigenvalue weighted by molar-refractivity contribution is 5.18. The Balaban J connectivity index is 1.22. The molecule has 0 aromatic rings. The van der Waals surface area contributed by atoms with Gasteiger partial charge in [0.25, 0.3) is 0 Å². The molecule has 7 atom stereocenters. The van der Waals surface area contributed by atoms with Crippen LogP contribution >= 0.6 is 0 Å². The lowest BCUT2D eigenvalue weighted by Gasteiger charge is -2.76. The molecule has 0 radical (unpaired) electrons. The molecule has 19 heavy (non-hydrogen) atoms. The van der Waals surface area contributed by atoms with Crippen molar-refractivity contribution in [1.29, 1.82) is 0 Å². The highest BCUT2D eigenvalue weighted by atomic mass is 16.2. The summed E-state index contributed by atoms with van der Waals surface area (Å²) in [7, 11) is 0. The van der Waals surface area contributed by atoms with Gasteiger partial charge < -0.3 is 5.11 Å². The average molecular weight is 262 g/mol. The largest absolute Gasteiger partial charge is 0.396 e. The van der Waals surface area contributed by atoms with Crippen LogP contribution in [-0.4, -0.2) is 11.7 Å². The van der Waals surface area contributed by atoms with Gasteiger partial charge in [0.1, 0.15) is 0 Å². The summed E-state index contributed by atoms with van der Waals surface area (Å²) in [6, 6.07) is 0. The number of fused-ring (bicyclic) bond motifs is 7. The zero-order valence-corrected chi connectivity index (χ0v) is 12.3. The van der Waals surface area contributed by atoms with Crippen LogP contribution < -0.4 is 0 Å². The summed E-state index contributed by atoms with van der Waals surface area (Å²) in [4.78, 5) is 0. The van der Waals surface area contributed by atoms with E-state index in [9.17, 15) is 0 Å². The van der Waals surface area contributed by atoms with Crippen LogP contribution in [0.1, 0.15) is 64.2 Å². The number of hydrogen-bond donors (Lipinski definition) is 1. The van der Waals surface area contributed by atoms with Crippen LogP contribution in [0.25, 0.3) is 0 Å². The van der Waals surface area contributed by atoms with Crippen LogP contribution in [0.5, 0.6) is 0 Å². The van der Waals surface area contributed by atoms with Gasteiger partial charge in [-0.2, -0.15) is 0 Å². The average Bonchev–Trinajstić information content (AvgIpc) is 2.41. The molecule has 0 heterocycles. The van der Waals surface area contributed by atoms with Gasteiger partial charge in [0.2, 0.25) is 0 Å². The Hall–Kier alpha value is -0.0400. The normalized spacial score (nSPS) is 50.1. The lowest BCUT2D eigenvalue weighted by molar-refractivity contribution is -0.287. The molecule has 4 aliphatic carbocycles. The third-order valence-electron chi connectivity index (χ3n) is 7.34. The zero-order valence-electron chi connectivity index (χ0n) is 12.3. The first-order valence-corrected chi connectivity index (χ1v) is 9.02. The van der Waals surface area contributed by atoms with Crippen LogP contribution in [-0.2, 0) is 0 Å². The molecule has 4 rings (SSSR count). The molecular formula is C18H30O. The first-order valence-electron chi connectivity index (χ1n) is 9.02. The van der Waals surface area contributed by atoms with Gasteiger partial charge in [-0.25, -0.2) is 0 Å². The molecule has 4 aliphatic rings. The van der Waals surface area contributed by atoms with E-state index in [0.717, 1.165) is 12.3 Å². The summed E-state index contributed by atoms with van der Waals surface area (Å²) < 4.78 is 0. The predicted octanol–water partition coefficient (Wildman–Crippen LogP) is 4.25. The standard InChI is InChI=1S/C18H30O/c19-10-6-2-1-3-7-12-11-15-16(12)18-14-9-5-4-8-13(14)17(15)18/h12-19H,1-11H2. The summed E-state index contributed by atoms with van der Waals surface area (Å²) in [5.41, 5.74) is 0. The second kappa shape index (κ2) is 5.06. The molecule has 0 amide bonds. The molecule has 4 saturated carbocycles. The van der Waals surface area contributed by atoms with Crippen LogP contribution in [0, 0.1) is 41.4 Å². The summed E-state index contributed by atoms with van der Waals surface area (Å²) in [6.45, 7) is 0.390. The molecule has 1 N–H and O–H groups in total. The molecule has 1 nitrogen and oxygen atoms in total. The van der Waals surface area contributed by atoms with Gasteiger partial charge in [-0.1, -0.05) is 38.5 Å². The van der Waals surface area contributed by atoms with Gasteiger partial charge in [0.15, 0.2) is 0 Å². The van der Waals surface area contributed by atoms with Crippen LogP contribution in [0.15, 0.2) is 0 Å². The smallest absolute Gasteiger partial charge is 0.0431 e. The van der Waals surface area contributed by atoms with Crippen molar-refractivity contribution in [3.05, 3.63) is 0 Å². The van der Waals surface area contributed by atoms with E-state index in [1.54, 1.807) is 19.3 Å². The maximum atomic E-state index is 8.80. The molecular weight excluding hydrogens is 232 g/mol. The van der Waals surface area contributed by atoms with Crippen molar-refractivity contribution in [2.24, 2.45) is 41.4 Å². The number of hydrogen-bond acceptors (Lipinski definition) is 1. The van der Waals surface area contributed by atoms with E-state index >= 15 is 0 Å². The Labute approximate surface area is 118 Å². The van der Waals surface area contributed by atoms with Crippen molar-refractivity contribution >= 4 is 0 Å². The van der Waals surface area contributed by atoms with E-state index in [4.69, 9.17) is 5.11 Å². The van der Waals surface area contributed by atoms with Crippen molar-refractivity contribution < 1.29 is 5.11 Å². The van der Waals surface area contributed by atoms with E-state index in [-0.39, 0.29) is 0 Å². The minimum atomic E-state index is 0.390. The van der Waals surface area contributed by atoms with Crippen molar-refractivity contribution in [2.45, 2.75) is 64.2 Å². The SMILES string of the molecule is OCCCCCCC1CC2C1C1C3CCCCC3C21. The third kappa shape index (κ3) is 1.83. The van der Waals surface area contributed by atoms with E-state index < -0.39 is 0 Å². The fourth-order valence-electron chi connectivity index (χ4n) is 6.58. The summed E-state index contributed by atoms with van der Waals surface area (Å²) in [5.74, 6) is 8.26. The maximum Gasteiger partial charge on any atom is 0.0431 e. The number of rotatable bonds is 6. The van der Waals surface area contributed by atoms with Crippen molar-refractivity contribution in [3.63, 3.8) is 0 Å². The Morgan fingerprint density at radius 1 is 0.737 bits per heavy atom. The molecule has 0 spiro atoms. The Kier molecular flexibility index (Phi) is 3.38. The molecule has 0 saturated heterocycles. The third-order valence-corrected chi connectivity index (χ3v) is 7.34.